The highest BCUT2D eigenvalue weighted by Crippen LogP contribution is 2.34. The molecule has 0 bridgehead atoms. The number of rotatable bonds is 12. The second-order valence-electron chi connectivity index (χ2n) is 17.5. The van der Waals surface area contributed by atoms with E-state index >= 15 is 0 Å². The van der Waals surface area contributed by atoms with Crippen molar-refractivity contribution in [3.05, 3.63) is 119 Å². The molecule has 4 aromatic carbocycles. The third-order valence-electron chi connectivity index (χ3n) is 12.0. The molecule has 2 aliphatic rings. The number of anilines is 2. The number of nitrogens with zero attached hydrogens (tertiary/aromatic N) is 2. The van der Waals surface area contributed by atoms with Gasteiger partial charge in [-0.2, -0.15) is 0 Å². The van der Waals surface area contributed by atoms with Gasteiger partial charge in [0.25, 0.3) is 0 Å². The van der Waals surface area contributed by atoms with E-state index in [0.717, 1.165) is 46.5 Å². The number of hydrogen-bond donors (Lipinski definition) is 2. The average molecular weight is 911 g/mol. The van der Waals surface area contributed by atoms with Crippen molar-refractivity contribution in [2.24, 2.45) is 0 Å². The van der Waals surface area contributed by atoms with E-state index in [9.17, 15) is 27.0 Å². The number of benzene rings is 4. The first-order valence-corrected chi connectivity index (χ1v) is 25.3. The molecule has 2 fully saturated rings. The van der Waals surface area contributed by atoms with Crippen LogP contribution in [0.25, 0.3) is 0 Å². The topological polar surface area (TPSA) is 134 Å². The number of hydrogen-bond acceptors (Lipinski definition) is 10. The van der Waals surface area contributed by atoms with Gasteiger partial charge >= 0.3 is 0 Å². The van der Waals surface area contributed by atoms with Gasteiger partial charge in [-0.25, -0.2) is 16.8 Å². The fourth-order valence-electron chi connectivity index (χ4n) is 7.98. The lowest BCUT2D eigenvalue weighted by molar-refractivity contribution is 0.0780. The Morgan fingerprint density at radius 2 is 0.906 bits per heavy atom. The lowest BCUT2D eigenvalue weighted by Gasteiger charge is -2.34. The first-order valence-electron chi connectivity index (χ1n) is 22.2. The first kappa shape index (κ1) is 50.3. The van der Waals surface area contributed by atoms with Crippen LogP contribution in [0.15, 0.2) is 107 Å². The Hall–Kier alpha value is -4.66. The zero-order chi connectivity index (χ0) is 46.7. The fraction of sp³-hybridized carbons (Fsp3) is 0.462. The molecule has 4 aromatic rings. The maximum absolute atomic E-state index is 13.0. The molecule has 0 aliphatic carbocycles. The lowest BCUT2D eigenvalue weighted by Crippen LogP contribution is -2.39. The molecule has 2 aliphatic heterocycles. The summed E-state index contributed by atoms with van der Waals surface area (Å²) in [5.74, 6) is 12.8. The van der Waals surface area contributed by atoms with Crippen molar-refractivity contribution >= 4 is 31.0 Å². The predicted molar refractivity (Wildman–Crippen MR) is 257 cm³/mol. The molecule has 0 radical (unpaired) electrons. The summed E-state index contributed by atoms with van der Waals surface area (Å²) in [7, 11) is -3.38. The minimum Gasteiger partial charge on any atom is -0.386 e. The van der Waals surface area contributed by atoms with Gasteiger partial charge in [-0.3, -0.25) is 0 Å². The Balaban J connectivity index is 0.000000241. The van der Waals surface area contributed by atoms with Gasteiger partial charge in [-0.15, -0.1) is 0 Å². The quantitative estimate of drug-likeness (QED) is 0.134. The van der Waals surface area contributed by atoms with Crippen molar-refractivity contribution in [2.45, 2.75) is 124 Å². The summed E-state index contributed by atoms with van der Waals surface area (Å²) in [6.07, 6.45) is 3.50. The zero-order valence-electron chi connectivity index (χ0n) is 38.7. The molecule has 2 atom stereocenters. The van der Waals surface area contributed by atoms with E-state index in [1.807, 2.05) is 62.4 Å². The van der Waals surface area contributed by atoms with E-state index in [4.69, 9.17) is 9.47 Å². The van der Waals surface area contributed by atoms with E-state index < -0.39 is 30.9 Å². The summed E-state index contributed by atoms with van der Waals surface area (Å²) in [6, 6.07) is 29.1. The standard InChI is InChI=1S/2C26H33NO4S/c2*1-5-22(31-4)13-11-20-19-21(26(2,3)28)12-14-25(20)27-17-15-24(16-18-27)32(29,30)23-9-7-6-8-10-23/h2*6-10,12,14,19,22,24,28H,5,15-18H2,1-4H3/t2*22-/m10/s1. The number of piperidine rings is 2. The summed E-state index contributed by atoms with van der Waals surface area (Å²) in [5.41, 5.74) is 3.21. The molecule has 6 rings (SSSR count). The number of ether oxygens (including phenoxy) is 2. The Kier molecular flexibility index (Phi) is 17.3. The van der Waals surface area contributed by atoms with Crippen LogP contribution < -0.4 is 9.80 Å². The molecule has 0 unspecified atom stereocenters. The van der Waals surface area contributed by atoms with Gasteiger partial charge in [0.15, 0.2) is 19.7 Å². The van der Waals surface area contributed by atoms with Crippen molar-refractivity contribution in [1.82, 2.24) is 0 Å². The highest BCUT2D eigenvalue weighted by Gasteiger charge is 2.33. The summed E-state index contributed by atoms with van der Waals surface area (Å²) in [5, 5.41) is 20.2. The van der Waals surface area contributed by atoms with Crippen LogP contribution in [0.1, 0.15) is 102 Å². The molecule has 2 saturated heterocycles. The minimum absolute atomic E-state index is 0.157. The van der Waals surface area contributed by atoms with Crippen LogP contribution in [0.2, 0.25) is 0 Å². The monoisotopic (exact) mass is 910 g/mol. The molecule has 0 amide bonds. The zero-order valence-corrected chi connectivity index (χ0v) is 40.3. The number of methoxy groups -OCH3 is 2. The Bertz CT molecular complexity index is 2310. The third kappa shape index (κ3) is 12.8. The van der Waals surface area contributed by atoms with E-state index in [0.29, 0.717) is 61.7 Å². The van der Waals surface area contributed by atoms with Crippen LogP contribution in [-0.2, 0) is 40.4 Å². The van der Waals surface area contributed by atoms with Crippen LogP contribution in [-0.4, -0.2) is 90.2 Å². The second-order valence-corrected chi connectivity index (χ2v) is 21.9. The average Bonchev–Trinajstić information content (AvgIpc) is 3.30. The van der Waals surface area contributed by atoms with Gasteiger partial charge in [0, 0.05) is 51.5 Å². The molecule has 0 saturated carbocycles. The van der Waals surface area contributed by atoms with E-state index in [1.165, 1.54) is 0 Å². The van der Waals surface area contributed by atoms with Crippen LogP contribution in [0.5, 0.6) is 0 Å². The third-order valence-corrected chi connectivity index (χ3v) is 16.6. The SMILES string of the molecule is CC[C@@H](C#Cc1cc(C(C)(C)O)ccc1N1CCC(S(=O)(=O)c2ccccc2)CC1)OC.CC[C@H](C#Cc1cc(C(C)(C)O)ccc1N1CCC(S(=O)(=O)c2ccccc2)CC1)OC. The maximum atomic E-state index is 13.0. The fourth-order valence-corrected chi connectivity index (χ4v) is 11.5. The smallest absolute Gasteiger partial charge is 0.181 e. The highest BCUT2D eigenvalue weighted by molar-refractivity contribution is 7.92. The Morgan fingerprint density at radius 3 is 1.19 bits per heavy atom. The molecule has 64 heavy (non-hydrogen) atoms. The van der Waals surface area contributed by atoms with Crippen molar-refractivity contribution in [3.63, 3.8) is 0 Å². The highest BCUT2D eigenvalue weighted by atomic mass is 32.2. The number of aliphatic hydroxyl groups is 2. The van der Waals surface area contributed by atoms with Gasteiger partial charge in [0.1, 0.15) is 12.2 Å². The van der Waals surface area contributed by atoms with Crippen molar-refractivity contribution in [1.29, 1.82) is 0 Å². The van der Waals surface area contributed by atoms with Crippen LogP contribution >= 0.6 is 0 Å². The van der Waals surface area contributed by atoms with Crippen LogP contribution in [0.4, 0.5) is 11.4 Å². The summed E-state index contributed by atoms with van der Waals surface area (Å²) < 4.78 is 62.8. The normalized spacial score (nSPS) is 16.3. The molecule has 10 nitrogen and oxygen atoms in total. The van der Waals surface area contributed by atoms with Crippen LogP contribution in [0.3, 0.4) is 0 Å². The molecule has 0 aromatic heterocycles. The molecule has 344 valence electrons. The Morgan fingerprint density at radius 1 is 0.578 bits per heavy atom. The van der Waals surface area contributed by atoms with Crippen molar-refractivity contribution in [2.75, 3.05) is 50.2 Å². The van der Waals surface area contributed by atoms with Gasteiger partial charge in [0.2, 0.25) is 0 Å². The summed E-state index contributed by atoms with van der Waals surface area (Å²) in [4.78, 5) is 5.18. The molecular weight excluding hydrogens is 845 g/mol. The van der Waals surface area contributed by atoms with E-state index in [-0.39, 0.29) is 22.7 Å². The van der Waals surface area contributed by atoms with Gasteiger partial charge in [0.05, 0.1) is 42.9 Å². The molecular formula is C52H66N2O8S2. The van der Waals surface area contributed by atoms with E-state index in [2.05, 4.69) is 33.5 Å². The summed E-state index contributed by atoms with van der Waals surface area (Å²) >= 11 is 0. The van der Waals surface area contributed by atoms with Gasteiger partial charge in [-0.1, -0.05) is 86.1 Å². The van der Waals surface area contributed by atoms with Crippen molar-refractivity contribution < 1.29 is 36.5 Å². The largest absolute Gasteiger partial charge is 0.386 e. The lowest BCUT2D eigenvalue weighted by atomic mass is 9.95. The summed E-state index contributed by atoms with van der Waals surface area (Å²) in [6.45, 7) is 13.6. The first-order chi connectivity index (χ1) is 30.3. The second kappa shape index (κ2) is 22.0. The maximum Gasteiger partial charge on any atom is 0.181 e. The van der Waals surface area contributed by atoms with Crippen LogP contribution in [0, 0.1) is 23.7 Å². The molecule has 2 heterocycles. The molecule has 12 heteroatoms. The predicted octanol–water partition coefficient (Wildman–Crippen LogP) is 8.27. The van der Waals surface area contributed by atoms with E-state index in [1.54, 1.807) is 90.4 Å². The molecule has 2 N–H and O–H groups in total. The number of sulfone groups is 2. The van der Waals surface area contributed by atoms with Gasteiger partial charge < -0.3 is 29.5 Å². The van der Waals surface area contributed by atoms with Gasteiger partial charge in [-0.05, 0) is 126 Å². The minimum atomic E-state index is -3.34. The Labute approximate surface area is 382 Å². The van der Waals surface area contributed by atoms with Crippen molar-refractivity contribution in [3.8, 4) is 23.7 Å². The molecule has 0 spiro atoms.